The maximum Gasteiger partial charge on any atom is 0.146 e. The number of alkyl halides is 1. The van der Waals surface area contributed by atoms with Crippen LogP contribution in [0.2, 0.25) is 0 Å². The van der Waals surface area contributed by atoms with Gasteiger partial charge in [0.15, 0.2) is 0 Å². The fraction of sp³-hybridized carbons (Fsp3) is 0.600. The molecule has 0 spiro atoms. The average Bonchev–Trinajstić information content (AvgIpc) is 2.63. The molecule has 0 aliphatic carbocycles. The number of anilines is 1. The van der Waals surface area contributed by atoms with E-state index in [9.17, 15) is 4.39 Å². The minimum atomic E-state index is -0.0816. The monoisotopic (exact) mass is 313 g/mol. The molecule has 1 saturated heterocycles. The molecule has 0 bridgehead atoms. The third-order valence-electron chi connectivity index (χ3n) is 3.96. The highest BCUT2D eigenvalue weighted by molar-refractivity contribution is 9.08. The first-order chi connectivity index (χ1) is 8.76. The van der Waals surface area contributed by atoms with Crippen molar-refractivity contribution in [2.24, 2.45) is 5.92 Å². The summed E-state index contributed by atoms with van der Waals surface area (Å²) < 4.78 is 14.1. The number of para-hydroxylation sites is 1. The van der Waals surface area contributed by atoms with Crippen LogP contribution < -0.4 is 4.90 Å². The molecule has 1 fully saturated rings. The van der Waals surface area contributed by atoms with Crippen LogP contribution in [0.4, 0.5) is 10.1 Å². The number of hydrogen-bond acceptors (Lipinski definition) is 1. The number of rotatable bonds is 3. The van der Waals surface area contributed by atoms with E-state index in [2.05, 4.69) is 27.8 Å². The summed E-state index contributed by atoms with van der Waals surface area (Å²) in [5, 5.41) is 0.716. The predicted molar refractivity (Wildman–Crippen MR) is 78.9 cm³/mol. The van der Waals surface area contributed by atoms with Gasteiger partial charge in [0.25, 0.3) is 0 Å². The Labute approximate surface area is 118 Å². The van der Waals surface area contributed by atoms with Gasteiger partial charge in [0.1, 0.15) is 5.82 Å². The van der Waals surface area contributed by atoms with E-state index in [0.717, 1.165) is 30.3 Å². The van der Waals surface area contributed by atoms with Gasteiger partial charge in [-0.25, -0.2) is 4.39 Å². The molecule has 1 aromatic carbocycles. The molecule has 1 aliphatic rings. The van der Waals surface area contributed by atoms with Crippen LogP contribution in [-0.4, -0.2) is 13.1 Å². The highest BCUT2D eigenvalue weighted by Crippen LogP contribution is 2.30. The molecule has 18 heavy (non-hydrogen) atoms. The van der Waals surface area contributed by atoms with Crippen molar-refractivity contribution < 1.29 is 4.39 Å². The van der Waals surface area contributed by atoms with Crippen molar-refractivity contribution >= 4 is 21.6 Å². The lowest BCUT2D eigenvalue weighted by atomic mass is 9.98. The topological polar surface area (TPSA) is 3.24 Å². The molecule has 1 atom stereocenters. The molecular weight excluding hydrogens is 293 g/mol. The van der Waals surface area contributed by atoms with Gasteiger partial charge >= 0.3 is 0 Å². The number of hydrogen-bond donors (Lipinski definition) is 0. The molecule has 1 aromatic rings. The van der Waals surface area contributed by atoms with Gasteiger partial charge in [-0.1, -0.05) is 41.4 Å². The normalized spacial score (nSPS) is 20.8. The van der Waals surface area contributed by atoms with Gasteiger partial charge < -0.3 is 4.90 Å². The molecule has 0 aromatic heterocycles. The summed E-state index contributed by atoms with van der Waals surface area (Å²) in [5.74, 6) is 0.732. The summed E-state index contributed by atoms with van der Waals surface area (Å²) >= 11 is 3.46. The zero-order valence-corrected chi connectivity index (χ0v) is 12.5. The van der Waals surface area contributed by atoms with Crippen molar-refractivity contribution in [2.75, 3.05) is 18.0 Å². The molecular formula is C15H21BrFN. The van der Waals surface area contributed by atoms with E-state index >= 15 is 0 Å². The van der Waals surface area contributed by atoms with Crippen molar-refractivity contribution in [1.82, 2.24) is 0 Å². The minimum absolute atomic E-state index is 0.0816. The molecule has 1 heterocycles. The summed E-state index contributed by atoms with van der Waals surface area (Å²) in [4.78, 5) is 2.24. The molecule has 3 heteroatoms. The van der Waals surface area contributed by atoms with Crippen LogP contribution in [0.3, 0.4) is 0 Å². The molecule has 1 nitrogen and oxygen atoms in total. The number of benzene rings is 1. The van der Waals surface area contributed by atoms with E-state index in [-0.39, 0.29) is 5.82 Å². The predicted octanol–water partition coefficient (Wildman–Crippen LogP) is 4.74. The second kappa shape index (κ2) is 6.55. The first-order valence-corrected chi connectivity index (χ1v) is 7.96. The zero-order chi connectivity index (χ0) is 13.0. The van der Waals surface area contributed by atoms with Crippen LogP contribution in [0, 0.1) is 11.7 Å². The van der Waals surface area contributed by atoms with Crippen LogP contribution in [0.25, 0.3) is 0 Å². The van der Waals surface area contributed by atoms with Crippen LogP contribution in [0.15, 0.2) is 18.2 Å². The van der Waals surface area contributed by atoms with E-state index < -0.39 is 0 Å². The smallest absolute Gasteiger partial charge is 0.146 e. The van der Waals surface area contributed by atoms with Crippen LogP contribution in [-0.2, 0) is 5.33 Å². The summed E-state index contributed by atoms with van der Waals surface area (Å²) in [6, 6.07) is 5.38. The SMILES string of the molecule is CCC1CCCN(c2c(F)cccc2CBr)CC1. The summed E-state index contributed by atoms with van der Waals surface area (Å²) in [7, 11) is 0. The first-order valence-electron chi connectivity index (χ1n) is 6.84. The summed E-state index contributed by atoms with van der Waals surface area (Å²) in [6.45, 7) is 4.23. The lowest BCUT2D eigenvalue weighted by Crippen LogP contribution is -2.26. The molecule has 1 aliphatic heterocycles. The lowest BCUT2D eigenvalue weighted by molar-refractivity contribution is 0.459. The van der Waals surface area contributed by atoms with Crippen molar-refractivity contribution in [1.29, 1.82) is 0 Å². The van der Waals surface area contributed by atoms with Gasteiger partial charge in [-0.05, 0) is 36.8 Å². The van der Waals surface area contributed by atoms with Crippen molar-refractivity contribution in [2.45, 2.75) is 37.9 Å². The Morgan fingerprint density at radius 2 is 2.17 bits per heavy atom. The van der Waals surface area contributed by atoms with Crippen molar-refractivity contribution in [3.05, 3.63) is 29.6 Å². The Morgan fingerprint density at radius 3 is 2.89 bits per heavy atom. The van der Waals surface area contributed by atoms with E-state index in [0.29, 0.717) is 5.33 Å². The van der Waals surface area contributed by atoms with Gasteiger partial charge in [0.05, 0.1) is 5.69 Å². The van der Waals surface area contributed by atoms with Crippen LogP contribution in [0.1, 0.15) is 38.2 Å². The van der Waals surface area contributed by atoms with Gasteiger partial charge in [0, 0.05) is 18.4 Å². The molecule has 0 saturated carbocycles. The standard InChI is InChI=1S/C15H21BrFN/c1-2-12-5-4-9-18(10-8-12)15-13(11-16)6-3-7-14(15)17/h3,6-7,12H,2,4-5,8-11H2,1H3. The second-order valence-corrected chi connectivity index (χ2v) is 5.63. The maximum atomic E-state index is 14.1. The Kier molecular flexibility index (Phi) is 5.04. The molecule has 0 amide bonds. The maximum absolute atomic E-state index is 14.1. The van der Waals surface area contributed by atoms with E-state index in [1.54, 1.807) is 12.1 Å². The Morgan fingerprint density at radius 1 is 1.33 bits per heavy atom. The Bertz CT molecular complexity index is 394. The summed E-state index contributed by atoms with van der Waals surface area (Å²) in [6.07, 6.45) is 4.89. The largest absolute Gasteiger partial charge is 0.369 e. The second-order valence-electron chi connectivity index (χ2n) is 5.07. The molecule has 2 rings (SSSR count). The van der Waals surface area contributed by atoms with Gasteiger partial charge in [0.2, 0.25) is 0 Å². The Balaban J connectivity index is 2.20. The van der Waals surface area contributed by atoms with Gasteiger partial charge in [-0.2, -0.15) is 0 Å². The molecule has 100 valence electrons. The quantitative estimate of drug-likeness (QED) is 0.729. The van der Waals surface area contributed by atoms with Gasteiger partial charge in [-0.3, -0.25) is 0 Å². The number of nitrogens with zero attached hydrogens (tertiary/aromatic N) is 1. The first kappa shape index (κ1) is 13.9. The fourth-order valence-corrected chi connectivity index (χ4v) is 3.27. The van der Waals surface area contributed by atoms with E-state index in [1.165, 1.54) is 25.7 Å². The highest BCUT2D eigenvalue weighted by atomic mass is 79.9. The third kappa shape index (κ3) is 3.05. The molecule has 0 N–H and O–H groups in total. The highest BCUT2D eigenvalue weighted by Gasteiger charge is 2.20. The average molecular weight is 314 g/mol. The third-order valence-corrected chi connectivity index (χ3v) is 4.56. The van der Waals surface area contributed by atoms with E-state index in [1.807, 2.05) is 6.07 Å². The summed E-state index contributed by atoms with van der Waals surface area (Å²) in [5.41, 5.74) is 1.87. The van der Waals surface area contributed by atoms with Gasteiger partial charge in [-0.15, -0.1) is 0 Å². The van der Waals surface area contributed by atoms with E-state index in [4.69, 9.17) is 0 Å². The Hall–Kier alpha value is -0.570. The minimum Gasteiger partial charge on any atom is -0.369 e. The lowest BCUT2D eigenvalue weighted by Gasteiger charge is -2.25. The number of halogens is 2. The fourth-order valence-electron chi connectivity index (χ4n) is 2.82. The van der Waals surface area contributed by atoms with Crippen LogP contribution >= 0.6 is 15.9 Å². The zero-order valence-electron chi connectivity index (χ0n) is 11.0. The van der Waals surface area contributed by atoms with Crippen molar-refractivity contribution in [3.63, 3.8) is 0 Å². The molecule has 0 radical (unpaired) electrons. The van der Waals surface area contributed by atoms with Crippen LogP contribution in [0.5, 0.6) is 0 Å². The van der Waals surface area contributed by atoms with Crippen molar-refractivity contribution in [3.8, 4) is 0 Å². The molecule has 1 unspecified atom stereocenters.